The highest BCUT2D eigenvalue weighted by Gasteiger charge is 2.32. The Hall–Kier alpha value is -1.49. The molecule has 7 heteroatoms. The van der Waals surface area contributed by atoms with Crippen LogP contribution in [-0.4, -0.2) is 27.2 Å². The van der Waals surface area contributed by atoms with Crippen molar-refractivity contribution >= 4 is 10.0 Å². The van der Waals surface area contributed by atoms with Crippen molar-refractivity contribution in [2.45, 2.75) is 30.3 Å². The van der Waals surface area contributed by atoms with E-state index in [1.807, 2.05) is 6.92 Å². The smallest absolute Gasteiger partial charge is 0.242 e. The molecule has 2 rings (SSSR count). The number of nitriles is 1. The molecule has 1 fully saturated rings. The van der Waals surface area contributed by atoms with Gasteiger partial charge in [-0.1, -0.05) is 6.07 Å². The van der Waals surface area contributed by atoms with Crippen LogP contribution in [0.2, 0.25) is 0 Å². The van der Waals surface area contributed by atoms with E-state index in [4.69, 9.17) is 10.00 Å². The number of ether oxygens (including phenoxy) is 1. The number of nitrogens with zero attached hydrogens (tertiary/aromatic N) is 1. The zero-order valence-corrected chi connectivity index (χ0v) is 11.8. The minimum atomic E-state index is -3.94. The lowest BCUT2D eigenvalue weighted by Crippen LogP contribution is -2.40. The molecule has 1 heterocycles. The van der Waals surface area contributed by atoms with E-state index in [0.717, 1.165) is 18.9 Å². The van der Waals surface area contributed by atoms with Gasteiger partial charge in [0.1, 0.15) is 22.3 Å². The summed E-state index contributed by atoms with van der Waals surface area (Å²) >= 11 is 0. The first-order valence-corrected chi connectivity index (χ1v) is 7.68. The normalized spacial score (nSPS) is 22.6. The molecule has 0 aromatic heterocycles. The van der Waals surface area contributed by atoms with E-state index >= 15 is 0 Å². The molecule has 5 nitrogen and oxygen atoms in total. The van der Waals surface area contributed by atoms with Crippen molar-refractivity contribution in [1.29, 1.82) is 5.26 Å². The number of sulfonamides is 1. The van der Waals surface area contributed by atoms with Gasteiger partial charge in [-0.25, -0.2) is 17.5 Å². The van der Waals surface area contributed by atoms with E-state index in [1.54, 1.807) is 6.07 Å². The fourth-order valence-corrected chi connectivity index (χ4v) is 3.46. The molecule has 20 heavy (non-hydrogen) atoms. The van der Waals surface area contributed by atoms with E-state index in [-0.39, 0.29) is 11.4 Å². The van der Waals surface area contributed by atoms with Crippen LogP contribution in [0.5, 0.6) is 0 Å². The van der Waals surface area contributed by atoms with Crippen molar-refractivity contribution in [3.8, 4) is 6.07 Å². The molecule has 0 spiro atoms. The van der Waals surface area contributed by atoms with Crippen molar-refractivity contribution < 1.29 is 17.5 Å². The van der Waals surface area contributed by atoms with E-state index in [9.17, 15) is 12.8 Å². The van der Waals surface area contributed by atoms with Gasteiger partial charge < -0.3 is 4.74 Å². The van der Waals surface area contributed by atoms with Crippen molar-refractivity contribution in [1.82, 2.24) is 4.72 Å². The Morgan fingerprint density at radius 3 is 2.90 bits per heavy atom. The van der Waals surface area contributed by atoms with Crippen LogP contribution in [-0.2, 0) is 14.8 Å². The molecule has 1 aromatic carbocycles. The molecule has 1 N–H and O–H groups in total. The first-order valence-electron chi connectivity index (χ1n) is 6.20. The van der Waals surface area contributed by atoms with Gasteiger partial charge in [-0.05, 0) is 31.9 Å². The quantitative estimate of drug-likeness (QED) is 0.914. The average Bonchev–Trinajstić information content (AvgIpc) is 2.84. The fraction of sp³-hybridized carbons (Fsp3) is 0.462. The first kappa shape index (κ1) is 14.9. The summed E-state index contributed by atoms with van der Waals surface area (Å²) in [5, 5.41) is 8.89. The number of rotatable bonds is 4. The van der Waals surface area contributed by atoms with Crippen molar-refractivity contribution in [2.24, 2.45) is 0 Å². The van der Waals surface area contributed by atoms with Gasteiger partial charge in [0, 0.05) is 13.2 Å². The van der Waals surface area contributed by atoms with Gasteiger partial charge in [-0.3, -0.25) is 0 Å². The Morgan fingerprint density at radius 1 is 1.55 bits per heavy atom. The third kappa shape index (κ3) is 2.98. The molecule has 1 atom stereocenters. The van der Waals surface area contributed by atoms with Crippen LogP contribution < -0.4 is 4.72 Å². The predicted octanol–water partition coefficient (Wildman–Crippen LogP) is 1.54. The molecular formula is C13H15FN2O3S. The summed E-state index contributed by atoms with van der Waals surface area (Å²) in [5.41, 5.74) is -1.02. The molecular weight excluding hydrogens is 283 g/mol. The summed E-state index contributed by atoms with van der Waals surface area (Å²) in [6.45, 7) is 2.51. The molecule has 0 amide bonds. The summed E-state index contributed by atoms with van der Waals surface area (Å²) < 4.78 is 45.7. The fourth-order valence-electron chi connectivity index (χ4n) is 2.14. The standard InChI is InChI=1S/C13H15FN2O3S/c1-13(6-3-7-19-13)9-16-20(17,18)12-5-2-4-11(14)10(12)8-15/h2,4-5,16H,3,6-7,9H2,1H3. The third-order valence-electron chi connectivity index (χ3n) is 3.31. The largest absolute Gasteiger partial charge is 0.374 e. The second-order valence-electron chi connectivity index (χ2n) is 4.95. The lowest BCUT2D eigenvalue weighted by Gasteiger charge is -2.23. The number of nitrogens with one attached hydrogen (secondary N) is 1. The lowest BCUT2D eigenvalue weighted by atomic mass is 10.0. The molecule has 0 saturated carbocycles. The van der Waals surface area contributed by atoms with E-state index in [0.29, 0.717) is 6.61 Å². The Labute approximate surface area is 117 Å². The van der Waals surface area contributed by atoms with Crippen molar-refractivity contribution in [2.75, 3.05) is 13.2 Å². The monoisotopic (exact) mass is 298 g/mol. The molecule has 1 aliphatic heterocycles. The highest BCUT2D eigenvalue weighted by Crippen LogP contribution is 2.25. The van der Waals surface area contributed by atoms with Crippen molar-refractivity contribution in [3.63, 3.8) is 0 Å². The second kappa shape index (κ2) is 5.48. The van der Waals surface area contributed by atoms with Gasteiger partial charge in [0.2, 0.25) is 10.0 Å². The van der Waals surface area contributed by atoms with Crippen LogP contribution in [0.1, 0.15) is 25.3 Å². The topological polar surface area (TPSA) is 79.2 Å². The highest BCUT2D eigenvalue weighted by atomic mass is 32.2. The van der Waals surface area contributed by atoms with Gasteiger partial charge in [0.05, 0.1) is 5.60 Å². The first-order chi connectivity index (χ1) is 9.38. The minimum Gasteiger partial charge on any atom is -0.374 e. The van der Waals surface area contributed by atoms with E-state index in [1.165, 1.54) is 12.1 Å². The molecule has 0 bridgehead atoms. The predicted molar refractivity (Wildman–Crippen MR) is 69.9 cm³/mol. The molecule has 0 radical (unpaired) electrons. The molecule has 1 aromatic rings. The molecule has 1 unspecified atom stereocenters. The summed E-state index contributed by atoms with van der Waals surface area (Å²) in [6.07, 6.45) is 1.63. The van der Waals surface area contributed by atoms with Gasteiger partial charge >= 0.3 is 0 Å². The number of halogens is 1. The van der Waals surface area contributed by atoms with Crippen molar-refractivity contribution in [3.05, 3.63) is 29.6 Å². The number of hydrogen-bond acceptors (Lipinski definition) is 4. The summed E-state index contributed by atoms with van der Waals surface area (Å²) in [5.74, 6) is -0.848. The molecule has 1 aliphatic rings. The summed E-state index contributed by atoms with van der Waals surface area (Å²) in [6, 6.07) is 5.11. The molecule has 108 valence electrons. The molecule has 1 saturated heterocycles. The van der Waals surface area contributed by atoms with E-state index < -0.39 is 27.0 Å². The maximum absolute atomic E-state index is 13.5. The second-order valence-corrected chi connectivity index (χ2v) is 6.69. The van der Waals surface area contributed by atoms with E-state index in [2.05, 4.69) is 4.72 Å². The summed E-state index contributed by atoms with van der Waals surface area (Å²) in [7, 11) is -3.94. The number of hydrogen-bond donors (Lipinski definition) is 1. The Balaban J connectivity index is 2.23. The van der Waals surface area contributed by atoms with Gasteiger partial charge in [-0.2, -0.15) is 5.26 Å². The third-order valence-corrected chi connectivity index (χ3v) is 4.76. The van der Waals surface area contributed by atoms with Gasteiger partial charge in [0.15, 0.2) is 0 Å². The highest BCUT2D eigenvalue weighted by molar-refractivity contribution is 7.89. The van der Waals surface area contributed by atoms with Crippen LogP contribution in [0.3, 0.4) is 0 Å². The van der Waals surface area contributed by atoms with Crippen LogP contribution in [0.25, 0.3) is 0 Å². The van der Waals surface area contributed by atoms with Gasteiger partial charge in [-0.15, -0.1) is 0 Å². The zero-order chi connectivity index (χ0) is 14.8. The summed E-state index contributed by atoms with van der Waals surface area (Å²) in [4.78, 5) is -0.346. The minimum absolute atomic E-state index is 0.0940. The van der Waals surface area contributed by atoms with Crippen LogP contribution in [0.4, 0.5) is 4.39 Å². The maximum Gasteiger partial charge on any atom is 0.242 e. The van der Waals surface area contributed by atoms with Gasteiger partial charge in [0.25, 0.3) is 0 Å². The van der Waals surface area contributed by atoms with Crippen LogP contribution >= 0.6 is 0 Å². The maximum atomic E-state index is 13.5. The van der Waals surface area contributed by atoms with Crippen LogP contribution in [0.15, 0.2) is 23.1 Å². The Kier molecular flexibility index (Phi) is 4.09. The lowest BCUT2D eigenvalue weighted by molar-refractivity contribution is 0.0250. The average molecular weight is 298 g/mol. The Morgan fingerprint density at radius 2 is 2.30 bits per heavy atom. The number of benzene rings is 1. The molecule has 0 aliphatic carbocycles. The Bertz CT molecular complexity index is 646. The zero-order valence-electron chi connectivity index (χ0n) is 11.0. The van der Waals surface area contributed by atoms with Crippen LogP contribution in [0, 0.1) is 17.1 Å². The SMILES string of the molecule is CC1(CNS(=O)(=O)c2cccc(F)c2C#N)CCCO1.